The molecule has 0 unspecified atom stereocenters. The van der Waals surface area contributed by atoms with E-state index < -0.39 is 0 Å². The fourth-order valence-corrected chi connectivity index (χ4v) is 1.78. The van der Waals surface area contributed by atoms with Gasteiger partial charge >= 0.3 is 0 Å². The zero-order valence-corrected chi connectivity index (χ0v) is 9.48. The molecule has 0 aromatic carbocycles. The maximum atomic E-state index is 12.1. The molecule has 0 radical (unpaired) electrons. The molecule has 0 saturated heterocycles. The van der Waals surface area contributed by atoms with E-state index >= 15 is 0 Å². The van der Waals surface area contributed by atoms with Gasteiger partial charge in [-0.2, -0.15) is 0 Å². The lowest BCUT2D eigenvalue weighted by Crippen LogP contribution is -2.07. The number of carbonyl (C=O) groups excluding carboxylic acids is 1. The highest BCUT2D eigenvalue weighted by Gasteiger charge is 2.21. The van der Waals surface area contributed by atoms with Crippen molar-refractivity contribution in [3.05, 3.63) is 28.7 Å². The number of rotatable bonds is 3. The molecule has 0 bridgehead atoms. The molecule has 0 atom stereocenters. The fraction of sp³-hybridized carbons (Fsp3) is 0.222. The topological polar surface area (TPSA) is 77.9 Å². The van der Waals surface area contributed by atoms with Gasteiger partial charge in [-0.3, -0.25) is 4.79 Å². The normalized spacial score (nSPS) is 10.1. The lowest BCUT2D eigenvalue weighted by molar-refractivity contribution is 0.103. The van der Waals surface area contributed by atoms with Crippen LogP contribution in [0.4, 0.5) is 0 Å². The van der Waals surface area contributed by atoms with Crippen LogP contribution in [0.15, 0.2) is 12.4 Å². The van der Waals surface area contributed by atoms with Crippen molar-refractivity contribution in [1.29, 1.82) is 0 Å². The lowest BCUT2D eigenvalue weighted by atomic mass is 10.2. The molecular weight excluding hydrogens is 228 g/mol. The Morgan fingerprint density at radius 2 is 2.12 bits per heavy atom. The molecule has 2 heterocycles. The van der Waals surface area contributed by atoms with E-state index in [9.17, 15) is 4.79 Å². The summed E-state index contributed by atoms with van der Waals surface area (Å²) in [5, 5.41) is 3.78. The van der Waals surface area contributed by atoms with Gasteiger partial charge in [-0.25, -0.2) is 9.97 Å². The minimum atomic E-state index is -0.266. The van der Waals surface area contributed by atoms with Gasteiger partial charge in [0.15, 0.2) is 5.69 Å². The molecule has 0 aliphatic carbocycles. The fourth-order valence-electron chi connectivity index (χ4n) is 1.18. The number of hydrogen-bond donors (Lipinski definition) is 0. The Labute approximate surface area is 95.5 Å². The summed E-state index contributed by atoms with van der Waals surface area (Å²) >= 11 is 1.04. The van der Waals surface area contributed by atoms with E-state index in [-0.39, 0.29) is 17.4 Å². The Bertz CT molecular complexity index is 526. The number of aromatic nitrogens is 4. The zero-order valence-electron chi connectivity index (χ0n) is 8.67. The van der Waals surface area contributed by atoms with E-state index in [2.05, 4.69) is 19.6 Å². The van der Waals surface area contributed by atoms with Crippen LogP contribution in [0.2, 0.25) is 0 Å². The quantitative estimate of drug-likeness (QED) is 0.736. The third-order valence-electron chi connectivity index (χ3n) is 1.93. The molecule has 16 heavy (non-hydrogen) atoms. The number of nitrogens with zero attached hydrogens (tertiary/aromatic N) is 4. The second-order valence-corrected chi connectivity index (χ2v) is 3.68. The van der Waals surface area contributed by atoms with E-state index in [4.69, 9.17) is 4.74 Å². The van der Waals surface area contributed by atoms with Crippen LogP contribution in [0.25, 0.3) is 0 Å². The van der Waals surface area contributed by atoms with Crippen LogP contribution in [0.1, 0.15) is 21.1 Å². The van der Waals surface area contributed by atoms with Crippen molar-refractivity contribution >= 4 is 17.3 Å². The Kier molecular flexibility index (Phi) is 2.86. The van der Waals surface area contributed by atoms with Crippen LogP contribution >= 0.6 is 11.5 Å². The molecule has 2 aromatic heterocycles. The minimum absolute atomic E-state index is 0.180. The van der Waals surface area contributed by atoms with Gasteiger partial charge in [0.25, 0.3) is 0 Å². The zero-order chi connectivity index (χ0) is 11.5. The van der Waals surface area contributed by atoms with E-state index in [0.29, 0.717) is 10.6 Å². The Morgan fingerprint density at radius 1 is 1.38 bits per heavy atom. The Morgan fingerprint density at radius 3 is 2.75 bits per heavy atom. The number of carbonyl (C=O) groups is 1. The van der Waals surface area contributed by atoms with Crippen molar-refractivity contribution in [3.63, 3.8) is 0 Å². The van der Waals surface area contributed by atoms with Crippen molar-refractivity contribution in [2.75, 3.05) is 7.11 Å². The van der Waals surface area contributed by atoms with Gasteiger partial charge in [0.05, 0.1) is 12.8 Å². The third-order valence-corrected chi connectivity index (χ3v) is 2.76. The molecule has 7 heteroatoms. The number of methoxy groups -OCH3 is 1. The standard InChI is InChI=1S/C9H8N4O2S/c1-5-8(16-13-12-5)7(14)6-9(15-2)11-4-3-10-6/h3-4H,1-2H3. The second-order valence-electron chi connectivity index (χ2n) is 2.93. The average molecular weight is 236 g/mol. The summed E-state index contributed by atoms with van der Waals surface area (Å²) in [5.74, 6) is -0.0576. The third kappa shape index (κ3) is 1.76. The highest BCUT2D eigenvalue weighted by atomic mass is 32.1. The van der Waals surface area contributed by atoms with Gasteiger partial charge in [-0.1, -0.05) is 4.49 Å². The number of ketones is 1. The lowest BCUT2D eigenvalue weighted by Gasteiger charge is -2.02. The smallest absolute Gasteiger partial charge is 0.243 e. The highest BCUT2D eigenvalue weighted by molar-refractivity contribution is 7.08. The van der Waals surface area contributed by atoms with Crippen molar-refractivity contribution < 1.29 is 9.53 Å². The Hall–Kier alpha value is -1.89. The molecule has 0 amide bonds. The molecule has 6 nitrogen and oxygen atoms in total. The van der Waals surface area contributed by atoms with Crippen LogP contribution in [0.5, 0.6) is 5.88 Å². The van der Waals surface area contributed by atoms with Gasteiger partial charge < -0.3 is 4.74 Å². The maximum Gasteiger partial charge on any atom is 0.243 e. The first kappa shape index (κ1) is 10.6. The molecule has 0 fully saturated rings. The molecular formula is C9H8N4O2S. The summed E-state index contributed by atoms with van der Waals surface area (Å²) < 4.78 is 8.68. The van der Waals surface area contributed by atoms with Gasteiger partial charge in [0.2, 0.25) is 11.7 Å². The number of ether oxygens (including phenoxy) is 1. The highest BCUT2D eigenvalue weighted by Crippen LogP contribution is 2.19. The molecule has 0 aliphatic rings. The summed E-state index contributed by atoms with van der Waals surface area (Å²) in [4.78, 5) is 20.4. The van der Waals surface area contributed by atoms with Gasteiger partial charge in [-0.05, 0) is 18.5 Å². The minimum Gasteiger partial charge on any atom is -0.479 e. The number of aryl methyl sites for hydroxylation is 1. The predicted molar refractivity (Wildman–Crippen MR) is 56.7 cm³/mol. The van der Waals surface area contributed by atoms with E-state index in [1.807, 2.05) is 0 Å². The monoisotopic (exact) mass is 236 g/mol. The van der Waals surface area contributed by atoms with Crippen LogP contribution in [-0.2, 0) is 0 Å². The predicted octanol–water partition coefficient (Wildman–Crippen LogP) is 0.876. The Balaban J connectivity index is 2.46. The first-order valence-electron chi connectivity index (χ1n) is 4.42. The number of hydrogen-bond acceptors (Lipinski definition) is 7. The summed E-state index contributed by atoms with van der Waals surface area (Å²) in [7, 11) is 1.44. The molecule has 0 spiro atoms. The first-order valence-corrected chi connectivity index (χ1v) is 5.20. The van der Waals surface area contributed by atoms with Crippen molar-refractivity contribution in [2.24, 2.45) is 0 Å². The molecule has 0 saturated carbocycles. The molecule has 2 rings (SSSR count). The molecule has 2 aromatic rings. The van der Waals surface area contributed by atoms with Crippen LogP contribution in [0, 0.1) is 6.92 Å². The molecule has 0 aliphatic heterocycles. The summed E-state index contributed by atoms with van der Waals surface area (Å²) in [6.07, 6.45) is 2.91. The average Bonchev–Trinajstić information content (AvgIpc) is 2.74. The SMILES string of the molecule is COc1nccnc1C(=O)c1snnc1C. The van der Waals surface area contributed by atoms with Crippen molar-refractivity contribution in [2.45, 2.75) is 6.92 Å². The molecule has 82 valence electrons. The largest absolute Gasteiger partial charge is 0.479 e. The van der Waals surface area contributed by atoms with Gasteiger partial charge in [0, 0.05) is 12.4 Å². The van der Waals surface area contributed by atoms with Crippen molar-refractivity contribution in [3.8, 4) is 5.88 Å². The second kappa shape index (κ2) is 4.31. The summed E-state index contributed by atoms with van der Waals surface area (Å²) in [6, 6.07) is 0. The van der Waals surface area contributed by atoms with Gasteiger partial charge in [-0.15, -0.1) is 5.10 Å². The van der Waals surface area contributed by atoms with Gasteiger partial charge in [0.1, 0.15) is 4.88 Å². The van der Waals surface area contributed by atoms with E-state index in [1.165, 1.54) is 19.5 Å². The summed E-state index contributed by atoms with van der Waals surface area (Å²) in [5.41, 5.74) is 0.766. The van der Waals surface area contributed by atoms with Crippen LogP contribution < -0.4 is 4.74 Å². The van der Waals surface area contributed by atoms with Crippen LogP contribution in [-0.4, -0.2) is 32.4 Å². The van der Waals surface area contributed by atoms with E-state index in [0.717, 1.165) is 11.5 Å². The van der Waals surface area contributed by atoms with Crippen molar-refractivity contribution in [1.82, 2.24) is 19.6 Å². The first-order chi connectivity index (χ1) is 7.74. The summed E-state index contributed by atoms with van der Waals surface area (Å²) in [6.45, 7) is 1.72. The molecule has 0 N–H and O–H groups in total. The van der Waals surface area contributed by atoms with E-state index in [1.54, 1.807) is 6.92 Å². The van der Waals surface area contributed by atoms with Crippen LogP contribution in [0.3, 0.4) is 0 Å². The maximum absolute atomic E-state index is 12.1.